The molecule has 2 aromatic rings. The molecule has 2 aromatic carbocycles. The quantitative estimate of drug-likeness (QED) is 0.390. The summed E-state index contributed by atoms with van der Waals surface area (Å²) in [5.74, 6) is 1.16. The standard InChI is InChI=1S/C24H29NO3S/c1-16(26)27-21-13-17-11-12-24(5,28-20(17)14-19(21)23(2,3)4)15-22(29)25-18-9-7-6-8-10-18/h6-10,13-14H,11-12,15H2,1-5H3,(H,25,29). The molecule has 0 radical (unpaired) electrons. The fraction of sp³-hybridized carbons (Fsp3) is 0.417. The Labute approximate surface area is 178 Å². The van der Waals surface area contributed by atoms with E-state index in [1.807, 2.05) is 42.5 Å². The Balaban J connectivity index is 1.81. The molecule has 0 fully saturated rings. The van der Waals surface area contributed by atoms with Crippen LogP contribution in [0.25, 0.3) is 0 Å². The highest BCUT2D eigenvalue weighted by Crippen LogP contribution is 2.42. The average molecular weight is 412 g/mol. The molecule has 1 unspecified atom stereocenters. The van der Waals surface area contributed by atoms with E-state index in [2.05, 4.69) is 33.0 Å². The van der Waals surface area contributed by atoms with E-state index in [-0.39, 0.29) is 17.0 Å². The molecule has 0 saturated heterocycles. The number of carbonyl (C=O) groups excluding carboxylic acids is 1. The molecule has 1 atom stereocenters. The lowest BCUT2D eigenvalue weighted by Crippen LogP contribution is -2.39. The molecule has 3 rings (SSSR count). The van der Waals surface area contributed by atoms with Gasteiger partial charge in [-0.25, -0.2) is 0 Å². The maximum absolute atomic E-state index is 11.6. The van der Waals surface area contributed by atoms with E-state index < -0.39 is 0 Å². The van der Waals surface area contributed by atoms with Crippen molar-refractivity contribution >= 4 is 28.9 Å². The van der Waals surface area contributed by atoms with Gasteiger partial charge >= 0.3 is 5.97 Å². The minimum atomic E-state index is -0.385. The molecule has 4 nitrogen and oxygen atoms in total. The summed E-state index contributed by atoms with van der Waals surface area (Å²) in [6, 6.07) is 13.9. The Morgan fingerprint density at radius 3 is 2.55 bits per heavy atom. The van der Waals surface area contributed by atoms with E-state index in [0.29, 0.717) is 12.2 Å². The van der Waals surface area contributed by atoms with Crippen LogP contribution in [-0.2, 0) is 16.6 Å². The van der Waals surface area contributed by atoms with E-state index in [1.54, 1.807) is 0 Å². The maximum Gasteiger partial charge on any atom is 0.308 e. The van der Waals surface area contributed by atoms with Crippen LogP contribution in [0.2, 0.25) is 0 Å². The van der Waals surface area contributed by atoms with Crippen molar-refractivity contribution < 1.29 is 14.3 Å². The zero-order chi connectivity index (χ0) is 21.2. The van der Waals surface area contributed by atoms with Gasteiger partial charge in [0.2, 0.25) is 0 Å². The highest BCUT2D eigenvalue weighted by Gasteiger charge is 2.34. The number of nitrogens with one attached hydrogen (secondary N) is 1. The molecule has 0 aliphatic carbocycles. The van der Waals surface area contributed by atoms with Crippen LogP contribution in [0.15, 0.2) is 42.5 Å². The van der Waals surface area contributed by atoms with Gasteiger partial charge in [0.05, 0.1) is 4.99 Å². The van der Waals surface area contributed by atoms with Gasteiger partial charge in [-0.15, -0.1) is 0 Å². The monoisotopic (exact) mass is 411 g/mol. The number of hydrogen-bond acceptors (Lipinski definition) is 4. The minimum Gasteiger partial charge on any atom is -0.487 e. The van der Waals surface area contributed by atoms with Crippen LogP contribution in [0.3, 0.4) is 0 Å². The molecule has 0 aromatic heterocycles. The second-order valence-corrected chi connectivity index (χ2v) is 9.44. The lowest BCUT2D eigenvalue weighted by atomic mass is 9.83. The third-order valence-corrected chi connectivity index (χ3v) is 5.34. The van der Waals surface area contributed by atoms with Crippen LogP contribution in [0.5, 0.6) is 11.5 Å². The number of aryl methyl sites for hydroxylation is 1. The van der Waals surface area contributed by atoms with Gasteiger partial charge in [-0.3, -0.25) is 4.79 Å². The Morgan fingerprint density at radius 2 is 1.93 bits per heavy atom. The third-order valence-electron chi connectivity index (χ3n) is 5.10. The van der Waals surface area contributed by atoms with Gasteiger partial charge in [0.15, 0.2) is 0 Å². The molecule has 29 heavy (non-hydrogen) atoms. The molecular formula is C24H29NO3S. The molecule has 0 spiro atoms. The van der Waals surface area contributed by atoms with Crippen molar-refractivity contribution in [1.29, 1.82) is 0 Å². The first-order valence-corrected chi connectivity index (χ1v) is 10.4. The number of para-hydroxylation sites is 1. The molecule has 0 bridgehead atoms. The van der Waals surface area contributed by atoms with Crippen molar-refractivity contribution in [3.63, 3.8) is 0 Å². The van der Waals surface area contributed by atoms with Gasteiger partial charge in [0.25, 0.3) is 0 Å². The minimum absolute atomic E-state index is 0.179. The van der Waals surface area contributed by atoms with E-state index in [1.165, 1.54) is 6.92 Å². The van der Waals surface area contributed by atoms with Gasteiger partial charge in [0.1, 0.15) is 17.1 Å². The smallest absolute Gasteiger partial charge is 0.308 e. The summed E-state index contributed by atoms with van der Waals surface area (Å²) in [7, 11) is 0. The lowest BCUT2D eigenvalue weighted by Gasteiger charge is -2.37. The second kappa shape index (κ2) is 8.15. The van der Waals surface area contributed by atoms with Gasteiger partial charge in [0, 0.05) is 24.6 Å². The van der Waals surface area contributed by atoms with Crippen molar-refractivity contribution in [3.05, 3.63) is 53.6 Å². The second-order valence-electron chi connectivity index (χ2n) is 8.94. The molecule has 154 valence electrons. The molecule has 0 saturated carbocycles. The van der Waals surface area contributed by atoms with Crippen LogP contribution >= 0.6 is 12.2 Å². The number of thiocarbonyl (C=S) groups is 1. The molecule has 1 heterocycles. The van der Waals surface area contributed by atoms with Crippen LogP contribution in [0.1, 0.15) is 58.6 Å². The summed E-state index contributed by atoms with van der Waals surface area (Å²) in [6.07, 6.45) is 2.32. The number of benzene rings is 2. The Morgan fingerprint density at radius 1 is 1.24 bits per heavy atom. The average Bonchev–Trinajstić information content (AvgIpc) is 2.60. The molecule has 1 aliphatic heterocycles. The first-order chi connectivity index (χ1) is 13.6. The van der Waals surface area contributed by atoms with Gasteiger partial charge in [-0.05, 0) is 55.0 Å². The van der Waals surface area contributed by atoms with Crippen molar-refractivity contribution in [3.8, 4) is 11.5 Å². The summed E-state index contributed by atoms with van der Waals surface area (Å²) in [5, 5.41) is 3.30. The third kappa shape index (κ3) is 5.36. The first kappa shape index (κ1) is 21.3. The number of hydrogen-bond donors (Lipinski definition) is 1. The molecule has 1 aliphatic rings. The van der Waals surface area contributed by atoms with Crippen LogP contribution in [-0.4, -0.2) is 16.6 Å². The SMILES string of the molecule is CC(=O)Oc1cc2c(cc1C(C)(C)C)OC(C)(CC(=S)Nc1ccccc1)CC2. The lowest BCUT2D eigenvalue weighted by molar-refractivity contribution is -0.131. The van der Waals surface area contributed by atoms with Crippen LogP contribution in [0.4, 0.5) is 5.69 Å². The van der Waals surface area contributed by atoms with Crippen LogP contribution in [0, 0.1) is 0 Å². The predicted octanol–water partition coefficient (Wildman–Crippen LogP) is 5.82. The van der Waals surface area contributed by atoms with E-state index in [9.17, 15) is 4.79 Å². The predicted molar refractivity (Wildman–Crippen MR) is 121 cm³/mol. The van der Waals surface area contributed by atoms with Crippen molar-refractivity contribution in [2.75, 3.05) is 5.32 Å². The summed E-state index contributed by atoms with van der Waals surface area (Å²) in [4.78, 5) is 12.3. The summed E-state index contributed by atoms with van der Waals surface area (Å²) in [5.41, 5.74) is 2.44. The molecule has 0 amide bonds. The van der Waals surface area contributed by atoms with Crippen molar-refractivity contribution in [2.45, 2.75) is 64.9 Å². The zero-order valence-electron chi connectivity index (χ0n) is 17.8. The van der Waals surface area contributed by atoms with Crippen LogP contribution < -0.4 is 14.8 Å². The van der Waals surface area contributed by atoms with Gasteiger partial charge in [-0.2, -0.15) is 0 Å². The van der Waals surface area contributed by atoms with E-state index in [4.69, 9.17) is 21.7 Å². The fourth-order valence-electron chi connectivity index (χ4n) is 3.62. The normalized spacial score (nSPS) is 18.4. The highest BCUT2D eigenvalue weighted by atomic mass is 32.1. The number of rotatable bonds is 4. The van der Waals surface area contributed by atoms with Crippen molar-refractivity contribution in [1.82, 2.24) is 0 Å². The summed E-state index contributed by atoms with van der Waals surface area (Å²) < 4.78 is 12.0. The summed E-state index contributed by atoms with van der Waals surface area (Å²) >= 11 is 5.59. The largest absolute Gasteiger partial charge is 0.487 e. The number of fused-ring (bicyclic) bond motifs is 1. The number of esters is 1. The first-order valence-electron chi connectivity index (χ1n) is 9.95. The molecule has 1 N–H and O–H groups in total. The maximum atomic E-state index is 11.6. The van der Waals surface area contributed by atoms with E-state index in [0.717, 1.165) is 40.4 Å². The Bertz CT molecular complexity index is 918. The number of anilines is 1. The summed E-state index contributed by atoms with van der Waals surface area (Å²) in [6.45, 7) is 9.83. The Hall–Kier alpha value is -2.40. The number of carbonyl (C=O) groups is 1. The molecule has 5 heteroatoms. The number of ether oxygens (including phenoxy) is 2. The van der Waals surface area contributed by atoms with Gasteiger partial charge < -0.3 is 14.8 Å². The van der Waals surface area contributed by atoms with Crippen molar-refractivity contribution in [2.24, 2.45) is 0 Å². The van der Waals surface area contributed by atoms with E-state index >= 15 is 0 Å². The topological polar surface area (TPSA) is 47.6 Å². The molecular weight excluding hydrogens is 382 g/mol. The zero-order valence-corrected chi connectivity index (χ0v) is 18.6. The van der Waals surface area contributed by atoms with Gasteiger partial charge in [-0.1, -0.05) is 51.2 Å². The Kier molecular flexibility index (Phi) is 5.99. The highest BCUT2D eigenvalue weighted by molar-refractivity contribution is 7.80. The fourth-order valence-corrected chi connectivity index (χ4v) is 4.05.